The first-order valence-corrected chi connectivity index (χ1v) is 7.34. The summed E-state index contributed by atoms with van der Waals surface area (Å²) in [4.78, 5) is 2.40. The monoisotopic (exact) mass is 345 g/mol. The maximum Gasteiger partial charge on any atom is 0.151 e. The number of nitrogens with one attached hydrogen (secondary N) is 1. The van der Waals surface area contributed by atoms with Crippen LogP contribution in [0.4, 0.5) is 5.82 Å². The first kappa shape index (κ1) is 10.7. The van der Waals surface area contributed by atoms with Crippen LogP contribution < -0.4 is 10.2 Å². The Morgan fingerprint density at radius 2 is 2.31 bits per heavy atom. The minimum atomic E-state index is 0.497. The van der Waals surface area contributed by atoms with Crippen molar-refractivity contribution in [1.29, 1.82) is 0 Å². The third-order valence-corrected chi connectivity index (χ3v) is 4.74. The maximum absolute atomic E-state index is 4.60. The summed E-state index contributed by atoms with van der Waals surface area (Å²) in [6.07, 6.45) is 0. The van der Waals surface area contributed by atoms with E-state index in [1.165, 1.54) is 10.1 Å². The zero-order valence-corrected chi connectivity index (χ0v) is 11.7. The van der Waals surface area contributed by atoms with Crippen molar-refractivity contribution >= 4 is 50.0 Å². The Morgan fingerprint density at radius 3 is 3.19 bits per heavy atom. The molecule has 16 heavy (non-hydrogen) atoms. The van der Waals surface area contributed by atoms with Gasteiger partial charge >= 0.3 is 0 Å². The van der Waals surface area contributed by atoms with Gasteiger partial charge in [0.15, 0.2) is 5.82 Å². The van der Waals surface area contributed by atoms with E-state index in [-0.39, 0.29) is 0 Å². The molecule has 2 aromatic rings. The number of fused-ring (bicyclic) bond motifs is 1. The standard InChI is InChI=1S/C11H12IN3S/c12-10-7-13-5-6-15(10)11-8-3-1-2-4-9(8)16-14-11/h1-4,10,13H,5-7H2. The van der Waals surface area contributed by atoms with Crippen molar-refractivity contribution in [3.8, 4) is 0 Å². The third-order valence-electron chi connectivity index (χ3n) is 2.81. The van der Waals surface area contributed by atoms with Crippen LogP contribution in [0.2, 0.25) is 0 Å². The van der Waals surface area contributed by atoms with Crippen LogP contribution >= 0.6 is 34.1 Å². The average Bonchev–Trinajstić information content (AvgIpc) is 2.74. The molecule has 1 aromatic heterocycles. The van der Waals surface area contributed by atoms with Gasteiger partial charge in [0.2, 0.25) is 0 Å². The van der Waals surface area contributed by atoms with E-state index in [1.54, 1.807) is 11.5 Å². The first-order chi connectivity index (χ1) is 7.86. The van der Waals surface area contributed by atoms with Gasteiger partial charge in [0.05, 0.1) is 8.75 Å². The summed E-state index contributed by atoms with van der Waals surface area (Å²) >= 11 is 4.07. The predicted molar refractivity (Wildman–Crippen MR) is 77.6 cm³/mol. The maximum atomic E-state index is 4.60. The molecule has 84 valence electrons. The number of hydrogen-bond acceptors (Lipinski definition) is 4. The smallest absolute Gasteiger partial charge is 0.151 e. The van der Waals surface area contributed by atoms with Gasteiger partial charge in [-0.2, -0.15) is 4.37 Å². The summed E-state index contributed by atoms with van der Waals surface area (Å²) in [7, 11) is 0. The highest BCUT2D eigenvalue weighted by atomic mass is 127. The lowest BCUT2D eigenvalue weighted by Gasteiger charge is -2.33. The first-order valence-electron chi connectivity index (χ1n) is 5.32. The van der Waals surface area contributed by atoms with Crippen molar-refractivity contribution in [3.05, 3.63) is 24.3 Å². The normalized spacial score (nSPS) is 21.6. The Hall–Kier alpha value is -0.400. The van der Waals surface area contributed by atoms with Crippen molar-refractivity contribution in [1.82, 2.24) is 9.69 Å². The van der Waals surface area contributed by atoms with Gasteiger partial charge in [-0.15, -0.1) is 0 Å². The molecule has 0 bridgehead atoms. The van der Waals surface area contributed by atoms with Gasteiger partial charge in [0, 0.05) is 25.0 Å². The number of piperazine rings is 1. The van der Waals surface area contributed by atoms with E-state index in [4.69, 9.17) is 0 Å². The van der Waals surface area contributed by atoms with E-state index >= 15 is 0 Å². The summed E-state index contributed by atoms with van der Waals surface area (Å²) in [6, 6.07) is 8.47. The van der Waals surface area contributed by atoms with Crippen LogP contribution in [0.3, 0.4) is 0 Å². The number of alkyl halides is 1. The Labute approximate surface area is 112 Å². The molecule has 2 heterocycles. The molecule has 0 aliphatic carbocycles. The van der Waals surface area contributed by atoms with Crippen LogP contribution in [-0.4, -0.2) is 28.1 Å². The molecule has 5 heteroatoms. The Balaban J connectivity index is 2.04. The van der Waals surface area contributed by atoms with Gasteiger partial charge in [-0.1, -0.05) is 34.7 Å². The molecular formula is C11H12IN3S. The van der Waals surface area contributed by atoms with E-state index in [2.05, 4.69) is 61.4 Å². The molecule has 0 radical (unpaired) electrons. The number of hydrogen-bond donors (Lipinski definition) is 1. The number of benzene rings is 1. The van der Waals surface area contributed by atoms with Crippen LogP contribution in [0.15, 0.2) is 24.3 Å². The summed E-state index contributed by atoms with van der Waals surface area (Å²) in [6.45, 7) is 3.12. The molecule has 1 N–H and O–H groups in total. The van der Waals surface area contributed by atoms with Crippen molar-refractivity contribution in [3.63, 3.8) is 0 Å². The molecule has 1 saturated heterocycles. The lowest BCUT2D eigenvalue weighted by Crippen LogP contribution is -2.48. The number of aromatic nitrogens is 1. The predicted octanol–water partition coefficient (Wildman–Crippen LogP) is 2.47. The van der Waals surface area contributed by atoms with Crippen LogP contribution in [0.25, 0.3) is 10.1 Å². The van der Waals surface area contributed by atoms with E-state index in [9.17, 15) is 0 Å². The molecule has 0 amide bonds. The van der Waals surface area contributed by atoms with E-state index in [0.29, 0.717) is 4.05 Å². The highest BCUT2D eigenvalue weighted by Crippen LogP contribution is 2.31. The molecule has 1 aromatic carbocycles. The third kappa shape index (κ3) is 1.80. The summed E-state index contributed by atoms with van der Waals surface area (Å²) < 4.78 is 6.38. The quantitative estimate of drug-likeness (QED) is 0.489. The highest BCUT2D eigenvalue weighted by molar-refractivity contribution is 14.1. The Kier molecular flexibility index (Phi) is 2.99. The molecule has 3 nitrogen and oxygen atoms in total. The second kappa shape index (κ2) is 4.46. The van der Waals surface area contributed by atoms with Gasteiger partial charge < -0.3 is 10.2 Å². The van der Waals surface area contributed by atoms with Gasteiger partial charge in [-0.25, -0.2) is 0 Å². The van der Waals surface area contributed by atoms with E-state index in [1.807, 2.05) is 0 Å². The average molecular weight is 345 g/mol. The molecule has 1 fully saturated rings. The van der Waals surface area contributed by atoms with Gasteiger partial charge in [0.25, 0.3) is 0 Å². The molecular weight excluding hydrogens is 333 g/mol. The minimum absolute atomic E-state index is 0.497. The van der Waals surface area contributed by atoms with Gasteiger partial charge in [0.1, 0.15) is 0 Å². The number of anilines is 1. The molecule has 3 rings (SSSR count). The lowest BCUT2D eigenvalue weighted by atomic mass is 10.2. The van der Waals surface area contributed by atoms with Crippen LogP contribution in [0.1, 0.15) is 0 Å². The molecule has 0 saturated carbocycles. The van der Waals surface area contributed by atoms with Crippen molar-refractivity contribution in [2.24, 2.45) is 0 Å². The summed E-state index contributed by atoms with van der Waals surface area (Å²) in [5.74, 6) is 1.15. The van der Waals surface area contributed by atoms with E-state index < -0.39 is 0 Å². The fraction of sp³-hybridized carbons (Fsp3) is 0.364. The molecule has 0 spiro atoms. The Bertz CT molecular complexity index is 499. The van der Waals surface area contributed by atoms with Crippen LogP contribution in [0.5, 0.6) is 0 Å². The van der Waals surface area contributed by atoms with Gasteiger partial charge in [-0.3, -0.25) is 0 Å². The lowest BCUT2D eigenvalue weighted by molar-refractivity contribution is 0.574. The second-order valence-corrected chi connectivity index (χ2v) is 6.08. The van der Waals surface area contributed by atoms with Crippen LogP contribution in [-0.2, 0) is 0 Å². The van der Waals surface area contributed by atoms with Gasteiger partial charge in [-0.05, 0) is 23.7 Å². The SMILES string of the molecule is IC1CNCCN1c1nsc2ccccc12. The Morgan fingerprint density at radius 1 is 1.44 bits per heavy atom. The van der Waals surface area contributed by atoms with Crippen molar-refractivity contribution < 1.29 is 0 Å². The zero-order chi connectivity index (χ0) is 11.0. The largest absolute Gasteiger partial charge is 0.341 e. The molecule has 1 atom stereocenters. The summed E-state index contributed by atoms with van der Waals surface area (Å²) in [5, 5.41) is 4.69. The topological polar surface area (TPSA) is 28.2 Å². The summed E-state index contributed by atoms with van der Waals surface area (Å²) in [5.41, 5.74) is 0. The fourth-order valence-corrected chi connectivity index (χ4v) is 3.63. The molecule has 1 aliphatic rings. The number of nitrogens with zero attached hydrogens (tertiary/aromatic N) is 2. The zero-order valence-electron chi connectivity index (χ0n) is 8.69. The second-order valence-electron chi connectivity index (χ2n) is 3.83. The van der Waals surface area contributed by atoms with Crippen molar-refractivity contribution in [2.75, 3.05) is 24.5 Å². The molecule has 1 aliphatic heterocycles. The highest BCUT2D eigenvalue weighted by Gasteiger charge is 2.23. The fourth-order valence-electron chi connectivity index (χ4n) is 1.99. The van der Waals surface area contributed by atoms with E-state index in [0.717, 1.165) is 25.5 Å². The van der Waals surface area contributed by atoms with Crippen LogP contribution in [0, 0.1) is 0 Å². The van der Waals surface area contributed by atoms with Crippen molar-refractivity contribution in [2.45, 2.75) is 4.05 Å². The minimum Gasteiger partial charge on any atom is -0.341 e. The number of halogens is 1. The number of rotatable bonds is 1. The molecule has 1 unspecified atom stereocenters.